The number of aromatic nitrogens is 4. The number of hydrogen-bond donors (Lipinski definition) is 0. The van der Waals surface area contributed by atoms with Crippen molar-refractivity contribution in [3.63, 3.8) is 0 Å². The molecule has 0 spiro atoms. The summed E-state index contributed by atoms with van der Waals surface area (Å²) in [7, 11) is 0. The van der Waals surface area contributed by atoms with Gasteiger partial charge in [0, 0.05) is 11.5 Å². The maximum absolute atomic E-state index is 14.0. The van der Waals surface area contributed by atoms with Gasteiger partial charge in [-0.3, -0.25) is 4.79 Å². The number of nitrogens with zero attached hydrogens (tertiary/aromatic N) is 4. The maximum Gasteiger partial charge on any atom is 0.192 e. The van der Waals surface area contributed by atoms with E-state index in [-0.39, 0.29) is 5.56 Å². The zero-order chi connectivity index (χ0) is 19.1. The van der Waals surface area contributed by atoms with Gasteiger partial charge in [0.2, 0.25) is 0 Å². The summed E-state index contributed by atoms with van der Waals surface area (Å²) in [5.41, 5.74) is 1.23. The third-order valence-corrected chi connectivity index (χ3v) is 5.15. The van der Waals surface area contributed by atoms with E-state index in [1.807, 2.05) is 24.3 Å². The molecule has 4 rings (SSSR count). The Labute approximate surface area is 157 Å². The molecule has 0 amide bonds. The second-order valence-electron chi connectivity index (χ2n) is 6.05. The quantitative estimate of drug-likeness (QED) is 0.299. The summed E-state index contributed by atoms with van der Waals surface area (Å²) >= 11 is 1.16. The van der Waals surface area contributed by atoms with Gasteiger partial charge in [-0.1, -0.05) is 23.9 Å². The number of carbonyl (C=O) groups is 1. The van der Waals surface area contributed by atoms with E-state index in [1.54, 1.807) is 18.4 Å². The lowest BCUT2D eigenvalue weighted by Gasteiger charge is -2.12. The molecule has 0 N–H and O–H groups in total. The number of benzene rings is 2. The van der Waals surface area contributed by atoms with Crippen LogP contribution in [-0.4, -0.2) is 30.6 Å². The first-order valence-electron chi connectivity index (χ1n) is 8.22. The predicted molar refractivity (Wildman–Crippen MR) is 99.0 cm³/mol. The molecule has 0 aliphatic rings. The Morgan fingerprint density at radius 3 is 2.70 bits per heavy atom. The molecule has 5 nitrogen and oxygen atoms in total. The van der Waals surface area contributed by atoms with Gasteiger partial charge in [-0.25, -0.2) is 18.7 Å². The van der Waals surface area contributed by atoms with Crippen molar-refractivity contribution >= 4 is 34.1 Å². The van der Waals surface area contributed by atoms with Crippen LogP contribution in [0.5, 0.6) is 0 Å². The summed E-state index contributed by atoms with van der Waals surface area (Å²) in [6, 6.07) is 10.5. The molecule has 2 aromatic carbocycles. The number of ketones is 1. The molecule has 8 heteroatoms. The number of hydrogen-bond acceptors (Lipinski definition) is 5. The lowest BCUT2D eigenvalue weighted by molar-refractivity contribution is 0.0990. The molecule has 1 atom stereocenters. The van der Waals surface area contributed by atoms with Gasteiger partial charge in [-0.05, 0) is 38.1 Å². The van der Waals surface area contributed by atoms with Crippen LogP contribution in [0.3, 0.4) is 0 Å². The van der Waals surface area contributed by atoms with Crippen LogP contribution in [-0.2, 0) is 0 Å². The fraction of sp³-hybridized carbons (Fsp3) is 0.158. The number of rotatable bonds is 4. The third-order valence-electron chi connectivity index (χ3n) is 4.10. The molecule has 4 aromatic rings. The highest BCUT2D eigenvalue weighted by Gasteiger charge is 2.23. The number of aryl methyl sites for hydroxylation is 1. The first-order chi connectivity index (χ1) is 12.9. The highest BCUT2D eigenvalue weighted by atomic mass is 32.2. The molecule has 0 aliphatic heterocycles. The van der Waals surface area contributed by atoms with Crippen molar-refractivity contribution in [2.45, 2.75) is 24.3 Å². The molecule has 2 heterocycles. The van der Waals surface area contributed by atoms with E-state index in [2.05, 4.69) is 15.1 Å². The molecule has 1 unspecified atom stereocenters. The van der Waals surface area contributed by atoms with Crippen molar-refractivity contribution in [2.24, 2.45) is 0 Å². The number of Topliss-reactive ketones (excluding diaryl/α,β-unsaturated/α-hetero) is 1. The molecule has 0 saturated carbocycles. The summed E-state index contributed by atoms with van der Waals surface area (Å²) in [5, 5.41) is 5.05. The SMILES string of the molecule is Cc1nc2c3ccccc3nc(SC(C)C(=O)c3ccc(F)cc3F)n2n1. The Morgan fingerprint density at radius 1 is 1.15 bits per heavy atom. The summed E-state index contributed by atoms with van der Waals surface area (Å²) in [6.07, 6.45) is 0. The number of carbonyl (C=O) groups excluding carboxylic acids is 1. The van der Waals surface area contributed by atoms with Crippen molar-refractivity contribution in [3.05, 3.63) is 65.5 Å². The van der Waals surface area contributed by atoms with E-state index in [9.17, 15) is 13.6 Å². The van der Waals surface area contributed by atoms with E-state index in [0.717, 1.165) is 34.8 Å². The van der Waals surface area contributed by atoms with Gasteiger partial charge in [0.15, 0.2) is 16.6 Å². The van der Waals surface area contributed by atoms with Crippen LogP contribution in [0.4, 0.5) is 8.78 Å². The molecule has 27 heavy (non-hydrogen) atoms. The van der Waals surface area contributed by atoms with E-state index >= 15 is 0 Å². The van der Waals surface area contributed by atoms with Crippen LogP contribution in [0.2, 0.25) is 0 Å². The van der Waals surface area contributed by atoms with Crippen molar-refractivity contribution < 1.29 is 13.6 Å². The van der Waals surface area contributed by atoms with Gasteiger partial charge in [0.1, 0.15) is 17.5 Å². The van der Waals surface area contributed by atoms with Crippen LogP contribution >= 0.6 is 11.8 Å². The molecular formula is C19H14F2N4OS. The minimum absolute atomic E-state index is 0.150. The fourth-order valence-corrected chi connectivity index (χ4v) is 3.76. The first kappa shape index (κ1) is 17.5. The van der Waals surface area contributed by atoms with Crippen molar-refractivity contribution in [2.75, 3.05) is 0 Å². The Balaban J connectivity index is 1.74. The van der Waals surface area contributed by atoms with Gasteiger partial charge in [0.05, 0.1) is 16.3 Å². The van der Waals surface area contributed by atoms with Crippen LogP contribution in [0.15, 0.2) is 47.6 Å². The molecule has 0 radical (unpaired) electrons. The van der Waals surface area contributed by atoms with Crippen LogP contribution < -0.4 is 0 Å². The minimum atomic E-state index is -0.874. The van der Waals surface area contributed by atoms with Crippen LogP contribution in [0.1, 0.15) is 23.1 Å². The van der Waals surface area contributed by atoms with E-state index in [4.69, 9.17) is 0 Å². The standard InChI is InChI=1S/C19H14F2N4OS/c1-10(17(26)13-8-7-12(20)9-15(13)21)27-19-23-16-6-4-3-5-14(16)18-22-11(2)24-25(18)19/h3-10H,1-2H3. The third kappa shape index (κ3) is 3.16. The summed E-state index contributed by atoms with van der Waals surface area (Å²) in [4.78, 5) is 21.7. The molecule has 0 saturated heterocycles. The number of fused-ring (bicyclic) bond motifs is 3. The van der Waals surface area contributed by atoms with Gasteiger partial charge in [-0.15, -0.1) is 5.10 Å². The molecule has 136 valence electrons. The molecule has 2 aromatic heterocycles. The lowest BCUT2D eigenvalue weighted by Crippen LogP contribution is -2.16. The highest BCUT2D eigenvalue weighted by molar-refractivity contribution is 8.00. The van der Waals surface area contributed by atoms with Crippen molar-refractivity contribution in [1.82, 2.24) is 19.6 Å². The molecule has 0 fully saturated rings. The summed E-state index contributed by atoms with van der Waals surface area (Å²) in [5.74, 6) is -1.46. The number of thioether (sulfide) groups is 1. The van der Waals surface area contributed by atoms with Gasteiger partial charge in [0.25, 0.3) is 0 Å². The average molecular weight is 384 g/mol. The van der Waals surface area contributed by atoms with Gasteiger partial charge < -0.3 is 0 Å². The topological polar surface area (TPSA) is 60.2 Å². The first-order valence-corrected chi connectivity index (χ1v) is 9.10. The van der Waals surface area contributed by atoms with E-state index < -0.39 is 22.7 Å². The second kappa shape index (κ2) is 6.70. The second-order valence-corrected chi connectivity index (χ2v) is 7.36. The molecule has 0 aliphatic carbocycles. The van der Waals surface area contributed by atoms with E-state index in [0.29, 0.717) is 22.7 Å². The van der Waals surface area contributed by atoms with E-state index in [1.165, 1.54) is 0 Å². The monoisotopic (exact) mass is 384 g/mol. The Morgan fingerprint density at radius 2 is 1.93 bits per heavy atom. The fourth-order valence-electron chi connectivity index (χ4n) is 2.83. The zero-order valence-electron chi connectivity index (χ0n) is 14.5. The average Bonchev–Trinajstić information content (AvgIpc) is 3.03. The largest absolute Gasteiger partial charge is 0.293 e. The van der Waals surface area contributed by atoms with Crippen molar-refractivity contribution in [1.29, 1.82) is 0 Å². The summed E-state index contributed by atoms with van der Waals surface area (Å²) < 4.78 is 28.6. The normalized spacial score (nSPS) is 12.6. The minimum Gasteiger partial charge on any atom is -0.293 e. The van der Waals surface area contributed by atoms with Crippen LogP contribution in [0.25, 0.3) is 16.6 Å². The predicted octanol–water partition coefficient (Wildman–Crippen LogP) is 4.23. The number of halogens is 2. The number of para-hydroxylation sites is 1. The van der Waals surface area contributed by atoms with Crippen molar-refractivity contribution in [3.8, 4) is 0 Å². The summed E-state index contributed by atoms with van der Waals surface area (Å²) in [6.45, 7) is 3.43. The highest BCUT2D eigenvalue weighted by Crippen LogP contribution is 2.28. The van der Waals surface area contributed by atoms with Crippen LogP contribution in [0, 0.1) is 18.6 Å². The van der Waals surface area contributed by atoms with Gasteiger partial charge >= 0.3 is 0 Å². The maximum atomic E-state index is 14.0. The molecule has 0 bridgehead atoms. The lowest BCUT2D eigenvalue weighted by atomic mass is 10.1. The molecular weight excluding hydrogens is 370 g/mol. The zero-order valence-corrected chi connectivity index (χ0v) is 15.3. The van der Waals surface area contributed by atoms with Gasteiger partial charge in [-0.2, -0.15) is 4.52 Å². The Kier molecular flexibility index (Phi) is 4.35. The Bertz CT molecular complexity index is 1190. The smallest absolute Gasteiger partial charge is 0.192 e. The Hall–Kier alpha value is -2.87.